The van der Waals surface area contributed by atoms with Crippen molar-refractivity contribution < 1.29 is 4.79 Å². The number of hydrogen-bond donors (Lipinski definition) is 2. The third-order valence-electron chi connectivity index (χ3n) is 6.04. The van der Waals surface area contributed by atoms with Crippen molar-refractivity contribution in [2.24, 2.45) is 11.3 Å². The fourth-order valence-corrected chi connectivity index (χ4v) is 5.30. The summed E-state index contributed by atoms with van der Waals surface area (Å²) in [5.74, 6) is 0.731. The first kappa shape index (κ1) is 16.6. The molecule has 0 radical (unpaired) electrons. The third kappa shape index (κ3) is 2.84. The number of pyridine rings is 1. The van der Waals surface area contributed by atoms with Gasteiger partial charge in [0.05, 0.1) is 11.3 Å². The van der Waals surface area contributed by atoms with Gasteiger partial charge in [0.2, 0.25) is 0 Å². The fraction of sp³-hybridized carbons (Fsp3) is 0.500. The van der Waals surface area contributed by atoms with E-state index in [2.05, 4.69) is 36.4 Å². The van der Waals surface area contributed by atoms with Crippen LogP contribution in [0.4, 0.5) is 5.00 Å². The summed E-state index contributed by atoms with van der Waals surface area (Å²) in [6.07, 6.45) is 5.99. The van der Waals surface area contributed by atoms with Crippen molar-refractivity contribution in [3.05, 3.63) is 46.1 Å². The summed E-state index contributed by atoms with van der Waals surface area (Å²) in [6.45, 7) is 7.03. The second-order valence-electron chi connectivity index (χ2n) is 7.80. The van der Waals surface area contributed by atoms with E-state index in [4.69, 9.17) is 0 Å². The lowest BCUT2D eigenvalue weighted by Crippen LogP contribution is -2.38. The molecule has 0 unspecified atom stereocenters. The maximum absolute atomic E-state index is 12.8. The highest BCUT2D eigenvalue weighted by atomic mass is 32.1. The zero-order chi connectivity index (χ0) is 17.6. The van der Waals surface area contributed by atoms with Gasteiger partial charge in [0.15, 0.2) is 0 Å². The Labute approximate surface area is 153 Å². The molecule has 0 saturated heterocycles. The number of amides is 1. The normalized spacial score (nSPS) is 22.6. The van der Waals surface area contributed by atoms with Crippen molar-refractivity contribution in [2.75, 3.05) is 5.32 Å². The molecule has 0 fully saturated rings. The van der Waals surface area contributed by atoms with E-state index in [9.17, 15) is 4.79 Å². The van der Waals surface area contributed by atoms with Crippen LogP contribution in [0.2, 0.25) is 0 Å². The Morgan fingerprint density at radius 1 is 1.32 bits per heavy atom. The van der Waals surface area contributed by atoms with Crippen molar-refractivity contribution in [2.45, 2.75) is 52.6 Å². The lowest BCUT2D eigenvalue weighted by atomic mass is 9.69. The molecule has 1 amide bonds. The van der Waals surface area contributed by atoms with Gasteiger partial charge in [0.1, 0.15) is 11.2 Å². The van der Waals surface area contributed by atoms with Gasteiger partial charge in [0, 0.05) is 11.1 Å². The van der Waals surface area contributed by atoms with Crippen LogP contribution in [0.25, 0.3) is 0 Å². The highest BCUT2D eigenvalue weighted by molar-refractivity contribution is 7.16. The lowest BCUT2D eigenvalue weighted by molar-refractivity contribution is 0.0934. The number of nitrogens with zero attached hydrogens (tertiary/aromatic N) is 1. The molecule has 0 saturated carbocycles. The molecule has 0 aromatic carbocycles. The molecule has 0 spiro atoms. The average Bonchev–Trinajstić information content (AvgIpc) is 3.00. The smallest absolute Gasteiger partial charge is 0.256 e. The lowest BCUT2D eigenvalue weighted by Gasteiger charge is -2.36. The van der Waals surface area contributed by atoms with Crippen LogP contribution in [0.1, 0.15) is 66.3 Å². The predicted molar refractivity (Wildman–Crippen MR) is 102 cm³/mol. The number of fused-ring (bicyclic) bond motifs is 3. The number of anilines is 1. The molecule has 25 heavy (non-hydrogen) atoms. The molecular weight excluding hydrogens is 330 g/mol. The molecule has 5 heteroatoms. The van der Waals surface area contributed by atoms with Gasteiger partial charge in [-0.05, 0) is 48.3 Å². The van der Waals surface area contributed by atoms with Crippen LogP contribution in [-0.4, -0.2) is 10.9 Å². The second kappa shape index (κ2) is 6.13. The first-order valence-corrected chi connectivity index (χ1v) is 9.94. The van der Waals surface area contributed by atoms with Gasteiger partial charge in [-0.25, -0.2) is 0 Å². The van der Waals surface area contributed by atoms with Crippen LogP contribution in [0, 0.1) is 11.3 Å². The van der Waals surface area contributed by atoms with Crippen LogP contribution in [0.5, 0.6) is 0 Å². The molecule has 0 bridgehead atoms. The summed E-state index contributed by atoms with van der Waals surface area (Å²) in [5.41, 5.74) is 3.35. The highest BCUT2D eigenvalue weighted by Gasteiger charge is 2.37. The third-order valence-corrected chi connectivity index (χ3v) is 7.23. The standard InChI is InChI=1S/C20H25N3OS/c1-4-20(2,3)12-8-9-13-15(11-12)25-19-16(13)18(24)22-17(23-19)14-7-5-6-10-21-14/h5-7,10,12,17,23H,4,8-9,11H2,1-3H3,(H,22,24)/t12-,17-/m0/s1. The van der Waals surface area contributed by atoms with Crippen molar-refractivity contribution in [1.29, 1.82) is 0 Å². The largest absolute Gasteiger partial charge is 0.351 e. The van der Waals surface area contributed by atoms with Crippen molar-refractivity contribution in [1.82, 2.24) is 10.3 Å². The molecule has 4 rings (SSSR count). The molecule has 2 aliphatic rings. The number of thiophene rings is 1. The first-order valence-electron chi connectivity index (χ1n) is 9.12. The van der Waals surface area contributed by atoms with Crippen LogP contribution in [-0.2, 0) is 12.8 Å². The van der Waals surface area contributed by atoms with Crippen molar-refractivity contribution >= 4 is 22.2 Å². The van der Waals surface area contributed by atoms with E-state index < -0.39 is 0 Å². The molecule has 132 valence electrons. The number of nitrogens with one attached hydrogen (secondary N) is 2. The van der Waals surface area contributed by atoms with E-state index in [-0.39, 0.29) is 12.1 Å². The number of aromatic nitrogens is 1. The number of rotatable bonds is 3. The topological polar surface area (TPSA) is 54.0 Å². The number of carbonyl (C=O) groups excluding carboxylic acids is 1. The first-order chi connectivity index (χ1) is 12.0. The second-order valence-corrected chi connectivity index (χ2v) is 8.90. The Balaban J connectivity index is 1.64. The number of hydrogen-bond acceptors (Lipinski definition) is 4. The Bertz CT molecular complexity index is 797. The van der Waals surface area contributed by atoms with Crippen LogP contribution in [0.3, 0.4) is 0 Å². The zero-order valence-corrected chi connectivity index (χ0v) is 15.9. The highest BCUT2D eigenvalue weighted by Crippen LogP contribution is 2.46. The van der Waals surface area contributed by atoms with E-state index in [1.165, 1.54) is 23.3 Å². The van der Waals surface area contributed by atoms with E-state index in [1.807, 2.05) is 18.2 Å². The summed E-state index contributed by atoms with van der Waals surface area (Å²) in [4.78, 5) is 18.5. The molecule has 2 aromatic rings. The van der Waals surface area contributed by atoms with Gasteiger partial charge in [-0.2, -0.15) is 0 Å². The van der Waals surface area contributed by atoms with Crippen LogP contribution >= 0.6 is 11.3 Å². The van der Waals surface area contributed by atoms with Crippen LogP contribution in [0.15, 0.2) is 24.4 Å². The Kier molecular flexibility index (Phi) is 4.07. The molecular formula is C20H25N3OS. The fourth-order valence-electron chi connectivity index (χ4n) is 3.95. The molecule has 4 nitrogen and oxygen atoms in total. The Morgan fingerprint density at radius 3 is 2.88 bits per heavy atom. The molecule has 3 heterocycles. The Morgan fingerprint density at radius 2 is 2.16 bits per heavy atom. The molecule has 2 N–H and O–H groups in total. The minimum Gasteiger partial charge on any atom is -0.351 e. The average molecular weight is 356 g/mol. The van der Waals surface area contributed by atoms with Crippen molar-refractivity contribution in [3.8, 4) is 0 Å². The maximum Gasteiger partial charge on any atom is 0.256 e. The van der Waals surface area contributed by atoms with Crippen molar-refractivity contribution in [3.63, 3.8) is 0 Å². The van der Waals surface area contributed by atoms with Gasteiger partial charge < -0.3 is 10.6 Å². The quantitative estimate of drug-likeness (QED) is 0.850. The van der Waals surface area contributed by atoms with E-state index in [1.54, 1.807) is 17.5 Å². The molecule has 2 atom stereocenters. The van der Waals surface area contributed by atoms with Crippen LogP contribution < -0.4 is 10.6 Å². The maximum atomic E-state index is 12.8. The minimum absolute atomic E-state index is 0.0371. The van der Waals surface area contributed by atoms with E-state index in [0.29, 0.717) is 11.3 Å². The van der Waals surface area contributed by atoms with Gasteiger partial charge >= 0.3 is 0 Å². The zero-order valence-electron chi connectivity index (χ0n) is 15.1. The van der Waals surface area contributed by atoms with E-state index >= 15 is 0 Å². The van der Waals surface area contributed by atoms with Gasteiger partial charge in [-0.15, -0.1) is 11.3 Å². The summed E-state index contributed by atoms with van der Waals surface area (Å²) in [7, 11) is 0. The summed E-state index contributed by atoms with van der Waals surface area (Å²) < 4.78 is 0. The summed E-state index contributed by atoms with van der Waals surface area (Å²) >= 11 is 1.77. The minimum atomic E-state index is -0.246. The van der Waals surface area contributed by atoms with Gasteiger partial charge in [-0.1, -0.05) is 33.3 Å². The monoisotopic (exact) mass is 355 g/mol. The summed E-state index contributed by atoms with van der Waals surface area (Å²) in [5, 5.41) is 7.58. The number of carbonyl (C=O) groups is 1. The van der Waals surface area contributed by atoms with Gasteiger partial charge in [0.25, 0.3) is 5.91 Å². The summed E-state index contributed by atoms with van der Waals surface area (Å²) in [6, 6.07) is 5.78. The van der Waals surface area contributed by atoms with E-state index in [0.717, 1.165) is 29.1 Å². The Hall–Kier alpha value is -1.88. The van der Waals surface area contributed by atoms with Gasteiger partial charge in [-0.3, -0.25) is 9.78 Å². The molecule has 1 aliphatic heterocycles. The predicted octanol–water partition coefficient (Wildman–Crippen LogP) is 4.54. The molecule has 1 aliphatic carbocycles. The SMILES string of the molecule is CCC(C)(C)[C@H]1CCc2c(sc3c2C(=O)N[C@H](c2ccccn2)N3)C1. The molecule has 2 aromatic heterocycles.